The highest BCUT2D eigenvalue weighted by molar-refractivity contribution is 5.46. The van der Waals surface area contributed by atoms with Gasteiger partial charge in [0.05, 0.1) is 13.2 Å². The van der Waals surface area contributed by atoms with Gasteiger partial charge in [-0.15, -0.1) is 0 Å². The molecule has 0 atom stereocenters. The molecule has 114 valence electrons. The number of hydrogen-bond acceptors (Lipinski definition) is 3. The molecule has 3 nitrogen and oxygen atoms in total. The average molecular weight is 279 g/mol. The molecule has 0 aromatic heterocycles. The molecule has 0 aliphatic rings. The van der Waals surface area contributed by atoms with Crippen LogP contribution >= 0.6 is 0 Å². The van der Waals surface area contributed by atoms with Crippen LogP contribution in [0.15, 0.2) is 18.2 Å². The van der Waals surface area contributed by atoms with Crippen LogP contribution in [0.25, 0.3) is 0 Å². The summed E-state index contributed by atoms with van der Waals surface area (Å²) in [6.45, 7) is 11.7. The summed E-state index contributed by atoms with van der Waals surface area (Å²) >= 11 is 0. The van der Waals surface area contributed by atoms with Crippen molar-refractivity contribution in [1.29, 1.82) is 0 Å². The third-order valence-electron chi connectivity index (χ3n) is 3.54. The SMILES string of the molecule is CCNCc1cccc(OCC)c1OCC(CC)CC. The number of hydrogen-bond donors (Lipinski definition) is 1. The first-order valence-electron chi connectivity index (χ1n) is 7.84. The van der Waals surface area contributed by atoms with E-state index in [4.69, 9.17) is 9.47 Å². The van der Waals surface area contributed by atoms with Crippen molar-refractivity contribution in [2.75, 3.05) is 19.8 Å². The maximum Gasteiger partial charge on any atom is 0.165 e. The van der Waals surface area contributed by atoms with E-state index in [1.54, 1.807) is 0 Å². The summed E-state index contributed by atoms with van der Waals surface area (Å²) in [6, 6.07) is 6.12. The van der Waals surface area contributed by atoms with Crippen LogP contribution in [0.2, 0.25) is 0 Å². The molecule has 1 N–H and O–H groups in total. The van der Waals surface area contributed by atoms with Gasteiger partial charge < -0.3 is 14.8 Å². The van der Waals surface area contributed by atoms with Crippen molar-refractivity contribution >= 4 is 0 Å². The normalized spacial score (nSPS) is 10.8. The van der Waals surface area contributed by atoms with Crippen molar-refractivity contribution in [3.8, 4) is 11.5 Å². The predicted molar refractivity (Wildman–Crippen MR) is 84.6 cm³/mol. The van der Waals surface area contributed by atoms with Gasteiger partial charge in [0.25, 0.3) is 0 Å². The second kappa shape index (κ2) is 9.65. The van der Waals surface area contributed by atoms with E-state index in [0.717, 1.165) is 44.0 Å². The van der Waals surface area contributed by atoms with Crippen LogP contribution in [0.3, 0.4) is 0 Å². The fourth-order valence-corrected chi connectivity index (χ4v) is 2.12. The van der Waals surface area contributed by atoms with Crippen LogP contribution in [0, 0.1) is 5.92 Å². The van der Waals surface area contributed by atoms with E-state index in [0.29, 0.717) is 12.5 Å². The van der Waals surface area contributed by atoms with Gasteiger partial charge in [0, 0.05) is 12.1 Å². The van der Waals surface area contributed by atoms with Crippen molar-refractivity contribution in [1.82, 2.24) is 5.32 Å². The maximum atomic E-state index is 6.10. The topological polar surface area (TPSA) is 30.5 Å². The third kappa shape index (κ3) is 5.04. The van der Waals surface area contributed by atoms with Crippen molar-refractivity contribution < 1.29 is 9.47 Å². The van der Waals surface area contributed by atoms with Crippen LogP contribution < -0.4 is 14.8 Å². The lowest BCUT2D eigenvalue weighted by molar-refractivity contribution is 0.223. The maximum absolute atomic E-state index is 6.10. The molecule has 0 aliphatic carbocycles. The Morgan fingerprint density at radius 3 is 2.40 bits per heavy atom. The van der Waals surface area contributed by atoms with Gasteiger partial charge in [-0.05, 0) is 25.5 Å². The molecule has 3 heteroatoms. The standard InChI is InChI=1S/C17H29NO2/c1-5-14(6-2)13-20-17-15(12-18-7-3)10-9-11-16(17)19-8-4/h9-11,14,18H,5-8,12-13H2,1-4H3. The molecular weight excluding hydrogens is 250 g/mol. The van der Waals surface area contributed by atoms with E-state index in [9.17, 15) is 0 Å². The van der Waals surface area contributed by atoms with E-state index < -0.39 is 0 Å². The van der Waals surface area contributed by atoms with E-state index in [2.05, 4.69) is 32.2 Å². The highest BCUT2D eigenvalue weighted by atomic mass is 16.5. The van der Waals surface area contributed by atoms with Gasteiger partial charge in [-0.2, -0.15) is 0 Å². The Morgan fingerprint density at radius 1 is 1.05 bits per heavy atom. The van der Waals surface area contributed by atoms with Crippen molar-refractivity contribution in [3.63, 3.8) is 0 Å². The molecule has 0 unspecified atom stereocenters. The Morgan fingerprint density at radius 2 is 1.80 bits per heavy atom. The molecule has 1 rings (SSSR count). The molecular formula is C17H29NO2. The van der Waals surface area contributed by atoms with Crippen LogP contribution in [0.4, 0.5) is 0 Å². The number of benzene rings is 1. The average Bonchev–Trinajstić information content (AvgIpc) is 2.48. The molecule has 0 fully saturated rings. The van der Waals surface area contributed by atoms with Crippen molar-refractivity contribution in [2.24, 2.45) is 5.92 Å². The Labute approximate surface area is 123 Å². The fourth-order valence-electron chi connectivity index (χ4n) is 2.12. The Hall–Kier alpha value is -1.22. The number of nitrogens with one attached hydrogen (secondary N) is 1. The Bertz CT molecular complexity index is 375. The summed E-state index contributed by atoms with van der Waals surface area (Å²) in [6.07, 6.45) is 2.30. The molecule has 0 bridgehead atoms. The lowest BCUT2D eigenvalue weighted by atomic mass is 10.1. The predicted octanol–water partition coefficient (Wildman–Crippen LogP) is 4.01. The summed E-state index contributed by atoms with van der Waals surface area (Å²) in [5.41, 5.74) is 1.17. The van der Waals surface area contributed by atoms with Crippen LogP contribution in [0.5, 0.6) is 11.5 Å². The molecule has 0 radical (unpaired) electrons. The molecule has 20 heavy (non-hydrogen) atoms. The third-order valence-corrected chi connectivity index (χ3v) is 3.54. The van der Waals surface area contributed by atoms with Crippen molar-refractivity contribution in [2.45, 2.75) is 47.1 Å². The first-order chi connectivity index (χ1) is 9.76. The molecule has 0 heterocycles. The number of para-hydroxylation sites is 1. The van der Waals surface area contributed by atoms with Gasteiger partial charge in [-0.3, -0.25) is 0 Å². The zero-order chi connectivity index (χ0) is 14.8. The number of rotatable bonds is 10. The van der Waals surface area contributed by atoms with E-state index in [-0.39, 0.29) is 0 Å². The van der Waals surface area contributed by atoms with Gasteiger partial charge in [-0.25, -0.2) is 0 Å². The fraction of sp³-hybridized carbons (Fsp3) is 0.647. The zero-order valence-corrected chi connectivity index (χ0v) is 13.4. The molecule has 1 aromatic carbocycles. The number of ether oxygens (including phenoxy) is 2. The first-order valence-corrected chi connectivity index (χ1v) is 7.84. The molecule has 0 spiro atoms. The summed E-state index contributed by atoms with van der Waals surface area (Å²) < 4.78 is 11.8. The molecule has 0 saturated heterocycles. The molecule has 0 amide bonds. The van der Waals surface area contributed by atoms with Crippen LogP contribution in [-0.2, 0) is 6.54 Å². The molecule has 1 aromatic rings. The van der Waals surface area contributed by atoms with Crippen LogP contribution in [-0.4, -0.2) is 19.8 Å². The van der Waals surface area contributed by atoms with Gasteiger partial charge in [0.2, 0.25) is 0 Å². The summed E-state index contributed by atoms with van der Waals surface area (Å²) in [4.78, 5) is 0. The van der Waals surface area contributed by atoms with E-state index in [1.165, 1.54) is 5.56 Å². The minimum atomic E-state index is 0.608. The molecule has 0 saturated carbocycles. The quantitative estimate of drug-likeness (QED) is 0.702. The van der Waals surface area contributed by atoms with Gasteiger partial charge >= 0.3 is 0 Å². The van der Waals surface area contributed by atoms with Crippen LogP contribution in [0.1, 0.15) is 46.1 Å². The summed E-state index contributed by atoms with van der Waals surface area (Å²) in [5, 5.41) is 3.35. The first kappa shape index (κ1) is 16.8. The Kier molecular flexibility index (Phi) is 8.12. The monoisotopic (exact) mass is 279 g/mol. The summed E-state index contributed by atoms with van der Waals surface area (Å²) in [7, 11) is 0. The minimum Gasteiger partial charge on any atom is -0.490 e. The van der Waals surface area contributed by atoms with E-state index in [1.807, 2.05) is 19.1 Å². The van der Waals surface area contributed by atoms with Gasteiger partial charge in [0.1, 0.15) is 0 Å². The lowest BCUT2D eigenvalue weighted by Crippen LogP contribution is -2.16. The summed E-state index contributed by atoms with van der Waals surface area (Å²) in [5.74, 6) is 2.37. The lowest BCUT2D eigenvalue weighted by Gasteiger charge is -2.19. The Balaban J connectivity index is 2.86. The van der Waals surface area contributed by atoms with Gasteiger partial charge in [-0.1, -0.05) is 45.7 Å². The van der Waals surface area contributed by atoms with Gasteiger partial charge in [0.15, 0.2) is 11.5 Å². The van der Waals surface area contributed by atoms with E-state index >= 15 is 0 Å². The highest BCUT2D eigenvalue weighted by Crippen LogP contribution is 2.32. The smallest absolute Gasteiger partial charge is 0.165 e. The largest absolute Gasteiger partial charge is 0.490 e. The second-order valence-electron chi connectivity index (χ2n) is 4.95. The zero-order valence-electron chi connectivity index (χ0n) is 13.4. The minimum absolute atomic E-state index is 0.608. The second-order valence-corrected chi connectivity index (χ2v) is 4.95. The highest BCUT2D eigenvalue weighted by Gasteiger charge is 2.13. The molecule has 0 aliphatic heterocycles. The van der Waals surface area contributed by atoms with Crippen molar-refractivity contribution in [3.05, 3.63) is 23.8 Å².